The summed E-state index contributed by atoms with van der Waals surface area (Å²) in [6, 6.07) is 15.2. The summed E-state index contributed by atoms with van der Waals surface area (Å²) in [6.07, 6.45) is 1.51. The Morgan fingerprint density at radius 3 is 2.82 bits per heavy atom. The normalized spacial score (nSPS) is 10.8. The van der Waals surface area contributed by atoms with Crippen molar-refractivity contribution in [1.82, 2.24) is 19.8 Å². The van der Waals surface area contributed by atoms with Gasteiger partial charge in [0.25, 0.3) is 11.6 Å². The molecule has 0 aliphatic rings. The molecule has 0 aliphatic heterocycles. The zero-order valence-corrected chi connectivity index (χ0v) is 14.7. The SMILES string of the molecule is Cc1ccc(C(=O)Nc2cccc(-c3ccc4nncn4n3)c2)cc1[N+](=O)[O-]. The second-order valence-electron chi connectivity index (χ2n) is 6.15. The summed E-state index contributed by atoms with van der Waals surface area (Å²) in [6.45, 7) is 1.63. The van der Waals surface area contributed by atoms with E-state index in [9.17, 15) is 14.9 Å². The van der Waals surface area contributed by atoms with Crippen molar-refractivity contribution in [3.05, 3.63) is 82.2 Å². The van der Waals surface area contributed by atoms with E-state index >= 15 is 0 Å². The average molecular weight is 374 g/mol. The topological polar surface area (TPSA) is 115 Å². The maximum absolute atomic E-state index is 12.5. The van der Waals surface area contributed by atoms with Crippen molar-refractivity contribution < 1.29 is 9.72 Å². The van der Waals surface area contributed by atoms with Crippen LogP contribution in [0.25, 0.3) is 16.9 Å². The van der Waals surface area contributed by atoms with Gasteiger partial charge >= 0.3 is 0 Å². The highest BCUT2D eigenvalue weighted by atomic mass is 16.6. The molecule has 2 aromatic carbocycles. The number of aryl methyl sites for hydroxylation is 1. The Bertz CT molecular complexity index is 1220. The molecule has 28 heavy (non-hydrogen) atoms. The molecule has 4 aromatic rings. The monoisotopic (exact) mass is 374 g/mol. The van der Waals surface area contributed by atoms with Gasteiger partial charge in [-0.15, -0.1) is 10.2 Å². The van der Waals surface area contributed by atoms with Crippen LogP contribution in [0.3, 0.4) is 0 Å². The van der Waals surface area contributed by atoms with Crippen LogP contribution in [0.5, 0.6) is 0 Å². The van der Waals surface area contributed by atoms with Gasteiger partial charge in [0.2, 0.25) is 0 Å². The molecule has 138 valence electrons. The molecule has 9 nitrogen and oxygen atoms in total. The average Bonchev–Trinajstić information content (AvgIpc) is 3.16. The van der Waals surface area contributed by atoms with E-state index < -0.39 is 10.8 Å². The summed E-state index contributed by atoms with van der Waals surface area (Å²) in [4.78, 5) is 23.1. The molecule has 1 amide bonds. The first-order valence-corrected chi connectivity index (χ1v) is 8.35. The molecular weight excluding hydrogens is 360 g/mol. The van der Waals surface area contributed by atoms with Crippen molar-refractivity contribution in [3.8, 4) is 11.3 Å². The van der Waals surface area contributed by atoms with E-state index in [0.29, 0.717) is 22.6 Å². The maximum atomic E-state index is 12.5. The number of amides is 1. The minimum atomic E-state index is -0.500. The fourth-order valence-corrected chi connectivity index (χ4v) is 2.79. The molecule has 0 saturated heterocycles. The van der Waals surface area contributed by atoms with E-state index in [-0.39, 0.29) is 11.3 Å². The van der Waals surface area contributed by atoms with Crippen molar-refractivity contribution in [2.45, 2.75) is 6.92 Å². The second kappa shape index (κ2) is 6.88. The van der Waals surface area contributed by atoms with Crippen LogP contribution >= 0.6 is 0 Å². The van der Waals surface area contributed by atoms with Crippen molar-refractivity contribution in [1.29, 1.82) is 0 Å². The number of nitro benzene ring substituents is 1. The van der Waals surface area contributed by atoms with Crippen LogP contribution in [-0.2, 0) is 0 Å². The number of anilines is 1. The molecule has 0 atom stereocenters. The van der Waals surface area contributed by atoms with Gasteiger partial charge in [0, 0.05) is 28.4 Å². The highest BCUT2D eigenvalue weighted by Gasteiger charge is 2.15. The van der Waals surface area contributed by atoms with Crippen molar-refractivity contribution in [2.24, 2.45) is 0 Å². The minimum Gasteiger partial charge on any atom is -0.322 e. The fraction of sp³-hybridized carbons (Fsp3) is 0.0526. The summed E-state index contributed by atoms with van der Waals surface area (Å²) in [7, 11) is 0. The summed E-state index contributed by atoms with van der Waals surface area (Å²) in [5, 5.41) is 26.0. The summed E-state index contributed by atoms with van der Waals surface area (Å²) in [5.74, 6) is -0.428. The second-order valence-corrected chi connectivity index (χ2v) is 6.15. The predicted octanol–water partition coefficient (Wildman–Crippen LogP) is 3.26. The molecule has 0 unspecified atom stereocenters. The Balaban J connectivity index is 1.60. The van der Waals surface area contributed by atoms with E-state index in [2.05, 4.69) is 20.6 Å². The minimum absolute atomic E-state index is 0.0900. The third-order valence-corrected chi connectivity index (χ3v) is 4.25. The molecule has 0 fully saturated rings. The number of aromatic nitrogens is 4. The highest BCUT2D eigenvalue weighted by molar-refractivity contribution is 6.05. The summed E-state index contributed by atoms with van der Waals surface area (Å²) in [5.41, 5.74) is 3.29. The number of nitrogens with one attached hydrogen (secondary N) is 1. The van der Waals surface area contributed by atoms with Gasteiger partial charge in [-0.1, -0.05) is 18.2 Å². The number of fused-ring (bicyclic) bond motifs is 1. The van der Waals surface area contributed by atoms with Crippen LogP contribution in [0.4, 0.5) is 11.4 Å². The van der Waals surface area contributed by atoms with Crippen LogP contribution < -0.4 is 5.32 Å². The van der Waals surface area contributed by atoms with Gasteiger partial charge in [-0.2, -0.15) is 9.61 Å². The molecule has 0 saturated carbocycles. The lowest BCUT2D eigenvalue weighted by atomic mass is 10.1. The van der Waals surface area contributed by atoms with Gasteiger partial charge in [-0.3, -0.25) is 14.9 Å². The smallest absolute Gasteiger partial charge is 0.273 e. The lowest BCUT2D eigenvalue weighted by Crippen LogP contribution is -2.12. The van der Waals surface area contributed by atoms with Gasteiger partial charge in [0.1, 0.15) is 6.33 Å². The molecule has 0 spiro atoms. The van der Waals surface area contributed by atoms with Crippen molar-refractivity contribution in [3.63, 3.8) is 0 Å². The third-order valence-electron chi connectivity index (χ3n) is 4.25. The molecule has 4 rings (SSSR count). The lowest BCUT2D eigenvalue weighted by molar-refractivity contribution is -0.385. The summed E-state index contributed by atoms with van der Waals surface area (Å²) >= 11 is 0. The number of hydrogen-bond donors (Lipinski definition) is 1. The predicted molar refractivity (Wildman–Crippen MR) is 102 cm³/mol. The van der Waals surface area contributed by atoms with Gasteiger partial charge in [0.05, 0.1) is 10.6 Å². The van der Waals surface area contributed by atoms with Crippen LogP contribution in [0.1, 0.15) is 15.9 Å². The van der Waals surface area contributed by atoms with Gasteiger partial charge in [-0.25, -0.2) is 0 Å². The van der Waals surface area contributed by atoms with Crippen LogP contribution in [0.15, 0.2) is 60.9 Å². The Morgan fingerprint density at radius 2 is 2.00 bits per heavy atom. The van der Waals surface area contributed by atoms with E-state index in [0.717, 1.165) is 5.56 Å². The zero-order chi connectivity index (χ0) is 19.7. The largest absolute Gasteiger partial charge is 0.322 e. The number of nitrogens with zero attached hydrogens (tertiary/aromatic N) is 5. The van der Waals surface area contributed by atoms with E-state index in [1.807, 2.05) is 12.1 Å². The van der Waals surface area contributed by atoms with Gasteiger partial charge < -0.3 is 5.32 Å². The highest BCUT2D eigenvalue weighted by Crippen LogP contribution is 2.23. The maximum Gasteiger partial charge on any atom is 0.273 e. The molecule has 1 N–H and O–H groups in total. The third kappa shape index (κ3) is 3.28. The molecule has 2 heterocycles. The van der Waals surface area contributed by atoms with Crippen LogP contribution in [-0.4, -0.2) is 30.6 Å². The van der Waals surface area contributed by atoms with E-state index in [4.69, 9.17) is 0 Å². The first kappa shape index (κ1) is 17.3. The van der Waals surface area contributed by atoms with Crippen molar-refractivity contribution in [2.75, 3.05) is 5.32 Å². The van der Waals surface area contributed by atoms with Crippen molar-refractivity contribution >= 4 is 22.9 Å². The first-order chi connectivity index (χ1) is 13.5. The Kier molecular flexibility index (Phi) is 4.24. The number of carbonyl (C=O) groups is 1. The fourth-order valence-electron chi connectivity index (χ4n) is 2.79. The number of benzene rings is 2. The number of hydrogen-bond acceptors (Lipinski definition) is 6. The lowest BCUT2D eigenvalue weighted by Gasteiger charge is -2.08. The molecule has 0 aliphatic carbocycles. The molecular formula is C19H14N6O3. The van der Waals surface area contributed by atoms with Gasteiger partial charge in [-0.05, 0) is 37.3 Å². The Labute approximate surface area is 158 Å². The van der Waals surface area contributed by atoms with Crippen LogP contribution in [0.2, 0.25) is 0 Å². The summed E-state index contributed by atoms with van der Waals surface area (Å²) < 4.78 is 1.56. The standard InChI is InChI=1S/C19H14N6O3/c1-12-5-6-14(10-17(12)25(27)28)19(26)21-15-4-2-3-13(9-15)16-7-8-18-22-20-11-24(18)23-16/h2-11H,1H3,(H,21,26). The van der Waals surface area contributed by atoms with E-state index in [1.165, 1.54) is 12.4 Å². The number of carbonyl (C=O) groups excluding carboxylic acids is 1. The van der Waals surface area contributed by atoms with Gasteiger partial charge in [0.15, 0.2) is 5.65 Å². The number of rotatable bonds is 4. The quantitative estimate of drug-likeness (QED) is 0.433. The molecule has 2 aromatic heterocycles. The molecule has 9 heteroatoms. The Morgan fingerprint density at radius 1 is 1.14 bits per heavy atom. The first-order valence-electron chi connectivity index (χ1n) is 8.35. The Hall–Kier alpha value is -4.14. The van der Waals surface area contributed by atoms with Crippen LogP contribution in [0, 0.1) is 17.0 Å². The molecule has 0 bridgehead atoms. The zero-order valence-electron chi connectivity index (χ0n) is 14.7. The number of nitro groups is 1. The molecule has 0 radical (unpaired) electrons. The van der Waals surface area contributed by atoms with E-state index in [1.54, 1.807) is 47.8 Å².